The number of rotatable bonds is 1. The van der Waals surface area contributed by atoms with Gasteiger partial charge in [-0.1, -0.05) is 0 Å². The predicted octanol–water partition coefficient (Wildman–Crippen LogP) is -2.01. The maximum atomic E-state index is 10.8. The van der Waals surface area contributed by atoms with Crippen LogP contribution >= 0.6 is 0 Å². The molecule has 0 atom stereocenters. The van der Waals surface area contributed by atoms with E-state index in [1.807, 2.05) is 13.8 Å². The van der Waals surface area contributed by atoms with Crippen molar-refractivity contribution in [2.24, 2.45) is 0 Å². The van der Waals surface area contributed by atoms with Crippen molar-refractivity contribution >= 4 is 5.97 Å². The van der Waals surface area contributed by atoms with Gasteiger partial charge >= 0.3 is 29.6 Å². The van der Waals surface area contributed by atoms with E-state index in [0.717, 1.165) is 11.1 Å². The smallest absolute Gasteiger partial charge is 0.545 e. The van der Waals surface area contributed by atoms with Crippen molar-refractivity contribution in [3.8, 4) is 5.75 Å². The van der Waals surface area contributed by atoms with Gasteiger partial charge in [0.1, 0.15) is 5.75 Å². The summed E-state index contributed by atoms with van der Waals surface area (Å²) in [5, 5.41) is 20.4. The number of hydrogen-bond acceptors (Lipinski definition) is 3. The molecule has 0 radical (unpaired) electrons. The number of phenols is 1. The molecule has 0 amide bonds. The van der Waals surface area contributed by atoms with Gasteiger partial charge in [0.15, 0.2) is 0 Å². The number of hydrogen-bond donors (Lipinski definition) is 1. The SMILES string of the molecule is Cc1c(C)c(C)c(C(=O)[O-])c(O)c1C.[Na+]. The summed E-state index contributed by atoms with van der Waals surface area (Å²) in [6.07, 6.45) is 0. The molecule has 1 aromatic rings. The average molecular weight is 216 g/mol. The third kappa shape index (κ3) is 2.36. The van der Waals surface area contributed by atoms with Crippen LogP contribution in [0.3, 0.4) is 0 Å². The summed E-state index contributed by atoms with van der Waals surface area (Å²) in [7, 11) is 0. The second-order valence-electron chi connectivity index (χ2n) is 3.51. The van der Waals surface area contributed by atoms with E-state index in [0.29, 0.717) is 11.1 Å². The van der Waals surface area contributed by atoms with Crippen LogP contribution in [-0.2, 0) is 0 Å². The van der Waals surface area contributed by atoms with Crippen LogP contribution in [0.4, 0.5) is 0 Å². The first-order valence-electron chi connectivity index (χ1n) is 4.38. The first kappa shape index (κ1) is 14.5. The van der Waals surface area contributed by atoms with Crippen molar-refractivity contribution in [3.05, 3.63) is 27.8 Å². The predicted molar refractivity (Wildman–Crippen MR) is 51.4 cm³/mol. The number of aromatic carboxylic acids is 1. The first-order valence-corrected chi connectivity index (χ1v) is 4.38. The number of carboxylic acids is 1. The molecule has 76 valence electrons. The van der Waals surface area contributed by atoms with E-state index < -0.39 is 5.97 Å². The molecule has 3 nitrogen and oxygen atoms in total. The third-order valence-electron chi connectivity index (χ3n) is 2.86. The molecule has 0 aliphatic heterocycles. The third-order valence-corrected chi connectivity index (χ3v) is 2.86. The quantitative estimate of drug-likeness (QED) is 0.552. The molecule has 0 unspecified atom stereocenters. The Hall–Kier alpha value is -0.510. The van der Waals surface area contributed by atoms with E-state index in [4.69, 9.17) is 0 Å². The molecule has 0 heterocycles. The number of carbonyl (C=O) groups excluding carboxylic acids is 1. The Balaban J connectivity index is 0.00000196. The van der Waals surface area contributed by atoms with Crippen molar-refractivity contribution in [3.63, 3.8) is 0 Å². The van der Waals surface area contributed by atoms with Gasteiger partial charge in [-0.25, -0.2) is 0 Å². The standard InChI is InChI=1S/C11H14O3.Na/c1-5-6(2)8(4)10(12)9(7(5)3)11(13)14;/h12H,1-4H3,(H,13,14);/q;+1/p-1. The number of benzene rings is 1. The molecule has 1 rings (SSSR count). The summed E-state index contributed by atoms with van der Waals surface area (Å²) >= 11 is 0. The summed E-state index contributed by atoms with van der Waals surface area (Å²) in [6, 6.07) is 0. The second-order valence-corrected chi connectivity index (χ2v) is 3.51. The molecule has 4 heteroatoms. The molecule has 0 saturated carbocycles. The van der Waals surface area contributed by atoms with Crippen LogP contribution in [0.15, 0.2) is 0 Å². The maximum Gasteiger partial charge on any atom is 1.00 e. The molecule has 1 N–H and O–H groups in total. The minimum atomic E-state index is -1.33. The van der Waals surface area contributed by atoms with Crippen LogP contribution < -0.4 is 34.7 Å². The topological polar surface area (TPSA) is 60.4 Å². The van der Waals surface area contributed by atoms with E-state index >= 15 is 0 Å². The van der Waals surface area contributed by atoms with Gasteiger partial charge in [-0.3, -0.25) is 0 Å². The molecule has 0 aliphatic rings. The Labute approximate surface area is 111 Å². The normalized spacial score (nSPS) is 9.60. The fraction of sp³-hybridized carbons (Fsp3) is 0.364. The van der Waals surface area contributed by atoms with Gasteiger partial charge in [-0.15, -0.1) is 0 Å². The number of aromatic hydroxyl groups is 1. The molecule has 0 aliphatic carbocycles. The van der Waals surface area contributed by atoms with Crippen LogP contribution in [0.25, 0.3) is 0 Å². The molecule has 0 saturated heterocycles. The molecule has 0 spiro atoms. The molecule has 0 bridgehead atoms. The Morgan fingerprint density at radius 2 is 1.40 bits per heavy atom. The fourth-order valence-electron chi connectivity index (χ4n) is 1.54. The van der Waals surface area contributed by atoms with Crippen molar-refractivity contribution in [1.29, 1.82) is 0 Å². The second kappa shape index (κ2) is 5.01. The minimum Gasteiger partial charge on any atom is -0.545 e. The Morgan fingerprint density at radius 3 is 1.80 bits per heavy atom. The van der Waals surface area contributed by atoms with E-state index in [-0.39, 0.29) is 40.9 Å². The molecule has 1 aromatic carbocycles. The van der Waals surface area contributed by atoms with Gasteiger partial charge in [0, 0.05) is 5.56 Å². The van der Waals surface area contributed by atoms with E-state index in [9.17, 15) is 15.0 Å². The average Bonchev–Trinajstić information content (AvgIpc) is 2.11. The van der Waals surface area contributed by atoms with E-state index in [1.54, 1.807) is 13.8 Å². The Bertz CT molecular complexity index is 382. The largest absolute Gasteiger partial charge is 1.00 e. The molecular weight excluding hydrogens is 203 g/mol. The molecular formula is C11H13NaO3. The van der Waals surface area contributed by atoms with Gasteiger partial charge in [0.25, 0.3) is 0 Å². The Morgan fingerprint density at radius 1 is 1.00 bits per heavy atom. The van der Waals surface area contributed by atoms with Crippen LogP contribution in [0.5, 0.6) is 5.75 Å². The number of carboxylic acid groups (broad SMARTS) is 1. The van der Waals surface area contributed by atoms with Gasteiger partial charge in [0.05, 0.1) is 5.97 Å². The van der Waals surface area contributed by atoms with Crippen molar-refractivity contribution in [2.75, 3.05) is 0 Å². The van der Waals surface area contributed by atoms with Crippen LogP contribution in [0.1, 0.15) is 32.6 Å². The zero-order valence-corrected chi connectivity index (χ0v) is 11.8. The van der Waals surface area contributed by atoms with Gasteiger partial charge in [-0.2, -0.15) is 0 Å². The van der Waals surface area contributed by atoms with Gasteiger partial charge in [0.2, 0.25) is 0 Å². The zero-order valence-electron chi connectivity index (χ0n) is 9.76. The minimum absolute atomic E-state index is 0. The Kier molecular flexibility index (Phi) is 4.84. The van der Waals surface area contributed by atoms with Crippen molar-refractivity contribution < 1.29 is 44.6 Å². The zero-order chi connectivity index (χ0) is 11.0. The molecule has 0 aromatic heterocycles. The van der Waals surface area contributed by atoms with Crippen molar-refractivity contribution in [1.82, 2.24) is 0 Å². The molecule has 15 heavy (non-hydrogen) atoms. The van der Waals surface area contributed by atoms with Crippen LogP contribution in [0, 0.1) is 27.7 Å². The van der Waals surface area contributed by atoms with E-state index in [2.05, 4.69) is 0 Å². The molecule has 0 fully saturated rings. The maximum absolute atomic E-state index is 10.8. The fourth-order valence-corrected chi connectivity index (χ4v) is 1.54. The monoisotopic (exact) mass is 216 g/mol. The van der Waals surface area contributed by atoms with Gasteiger partial charge < -0.3 is 15.0 Å². The summed E-state index contributed by atoms with van der Waals surface area (Å²) < 4.78 is 0. The first-order chi connectivity index (χ1) is 6.37. The summed E-state index contributed by atoms with van der Waals surface area (Å²) in [5.74, 6) is -1.50. The number of carbonyl (C=O) groups is 1. The van der Waals surface area contributed by atoms with Crippen molar-refractivity contribution in [2.45, 2.75) is 27.7 Å². The van der Waals surface area contributed by atoms with Gasteiger partial charge in [-0.05, 0) is 49.9 Å². The van der Waals surface area contributed by atoms with Crippen LogP contribution in [0.2, 0.25) is 0 Å². The summed E-state index contributed by atoms with van der Waals surface area (Å²) in [4.78, 5) is 10.8. The van der Waals surface area contributed by atoms with Crippen LogP contribution in [-0.4, -0.2) is 11.1 Å². The summed E-state index contributed by atoms with van der Waals surface area (Å²) in [5.41, 5.74) is 2.90. The summed E-state index contributed by atoms with van der Waals surface area (Å²) in [6.45, 7) is 7.07. The van der Waals surface area contributed by atoms with E-state index in [1.165, 1.54) is 0 Å².